The zero-order valence-electron chi connectivity index (χ0n) is 13.1. The summed E-state index contributed by atoms with van der Waals surface area (Å²) >= 11 is 0. The molecule has 0 bridgehead atoms. The van der Waals surface area contributed by atoms with Crippen LogP contribution in [0.2, 0.25) is 0 Å². The number of hydrogen-bond acceptors (Lipinski definition) is 3. The van der Waals surface area contributed by atoms with Gasteiger partial charge in [0.05, 0.1) is 12.2 Å². The second kappa shape index (κ2) is 7.43. The van der Waals surface area contributed by atoms with E-state index in [0.29, 0.717) is 13.1 Å². The molecular weight excluding hydrogens is 262 g/mol. The van der Waals surface area contributed by atoms with Crippen molar-refractivity contribution in [3.05, 3.63) is 42.0 Å². The van der Waals surface area contributed by atoms with Crippen molar-refractivity contribution in [2.24, 2.45) is 0 Å². The number of ether oxygens (including phenoxy) is 1. The van der Waals surface area contributed by atoms with Gasteiger partial charge in [-0.2, -0.15) is 0 Å². The Kier molecular flexibility index (Phi) is 5.59. The second-order valence-corrected chi connectivity index (χ2v) is 5.58. The molecule has 2 N–H and O–H groups in total. The molecule has 0 aliphatic carbocycles. The monoisotopic (exact) mass is 287 g/mol. The molecule has 0 aliphatic heterocycles. The number of rotatable bonds is 7. The highest BCUT2D eigenvalue weighted by atomic mass is 16.5. The van der Waals surface area contributed by atoms with Crippen molar-refractivity contribution in [2.45, 2.75) is 45.9 Å². The molecule has 0 radical (unpaired) electrons. The molecular formula is C18H25NO2. The van der Waals surface area contributed by atoms with Gasteiger partial charge >= 0.3 is 0 Å². The van der Waals surface area contributed by atoms with E-state index in [1.54, 1.807) is 6.92 Å². The number of fused-ring (bicyclic) bond motifs is 1. The summed E-state index contributed by atoms with van der Waals surface area (Å²) in [5.41, 5.74) is 1.16. The predicted molar refractivity (Wildman–Crippen MR) is 87.7 cm³/mol. The van der Waals surface area contributed by atoms with Crippen LogP contribution in [0.15, 0.2) is 36.4 Å². The first-order chi connectivity index (χ1) is 10.1. The van der Waals surface area contributed by atoms with E-state index in [0.717, 1.165) is 17.7 Å². The van der Waals surface area contributed by atoms with E-state index in [9.17, 15) is 5.11 Å². The van der Waals surface area contributed by atoms with Gasteiger partial charge in [-0.1, -0.05) is 37.3 Å². The molecule has 0 aromatic heterocycles. The minimum Gasteiger partial charge on any atom is -0.490 e. The van der Waals surface area contributed by atoms with Crippen LogP contribution in [0.3, 0.4) is 0 Å². The fraction of sp³-hybridized carbons (Fsp3) is 0.444. The third kappa shape index (κ3) is 4.19. The quantitative estimate of drug-likeness (QED) is 0.819. The van der Waals surface area contributed by atoms with E-state index in [1.165, 1.54) is 10.8 Å². The highest BCUT2D eigenvalue weighted by Crippen LogP contribution is 2.29. The molecule has 0 amide bonds. The zero-order valence-corrected chi connectivity index (χ0v) is 13.1. The lowest BCUT2D eigenvalue weighted by atomic mass is 10.0. The Morgan fingerprint density at radius 1 is 1.14 bits per heavy atom. The van der Waals surface area contributed by atoms with Crippen molar-refractivity contribution in [3.8, 4) is 5.75 Å². The molecule has 114 valence electrons. The van der Waals surface area contributed by atoms with Gasteiger partial charge in [0.15, 0.2) is 0 Å². The van der Waals surface area contributed by atoms with Crippen LogP contribution in [-0.4, -0.2) is 23.9 Å². The zero-order chi connectivity index (χ0) is 15.2. The van der Waals surface area contributed by atoms with E-state index in [1.807, 2.05) is 18.2 Å². The molecule has 0 saturated heterocycles. The van der Waals surface area contributed by atoms with Gasteiger partial charge in [-0.05, 0) is 37.1 Å². The normalized spacial score (nSPS) is 14.1. The first-order valence-corrected chi connectivity index (χ1v) is 7.68. The van der Waals surface area contributed by atoms with E-state index in [2.05, 4.69) is 37.4 Å². The Balaban J connectivity index is 2.32. The smallest absolute Gasteiger partial charge is 0.124 e. The van der Waals surface area contributed by atoms with E-state index in [4.69, 9.17) is 4.74 Å². The average molecular weight is 287 g/mol. The summed E-state index contributed by atoms with van der Waals surface area (Å²) in [5.74, 6) is 0.932. The number of hydrogen-bond donors (Lipinski definition) is 2. The Morgan fingerprint density at radius 3 is 2.62 bits per heavy atom. The standard InChI is InChI=1S/C18H25NO2/c1-4-14(3)21-18-10-9-15-7-5-6-8-16(15)17(18)12-19-11-13(2)20/h5-10,13-14,19-20H,4,11-12H2,1-3H3. The maximum Gasteiger partial charge on any atom is 0.124 e. The molecule has 21 heavy (non-hydrogen) atoms. The molecule has 2 aromatic carbocycles. The molecule has 2 rings (SSSR count). The molecule has 3 heteroatoms. The van der Waals surface area contributed by atoms with Crippen molar-refractivity contribution in [2.75, 3.05) is 6.54 Å². The van der Waals surface area contributed by atoms with Gasteiger partial charge in [-0.25, -0.2) is 0 Å². The van der Waals surface area contributed by atoms with Gasteiger partial charge in [-0.3, -0.25) is 0 Å². The molecule has 0 aliphatic rings. The maximum atomic E-state index is 9.40. The summed E-state index contributed by atoms with van der Waals surface area (Å²) in [7, 11) is 0. The minimum atomic E-state index is -0.348. The van der Waals surface area contributed by atoms with Crippen molar-refractivity contribution in [3.63, 3.8) is 0 Å². The van der Waals surface area contributed by atoms with E-state index < -0.39 is 0 Å². The average Bonchev–Trinajstić information content (AvgIpc) is 2.48. The summed E-state index contributed by atoms with van der Waals surface area (Å²) in [6, 6.07) is 12.5. The molecule has 2 unspecified atom stereocenters. The molecule has 0 saturated carbocycles. The van der Waals surface area contributed by atoms with Crippen LogP contribution in [0.1, 0.15) is 32.8 Å². The van der Waals surface area contributed by atoms with Gasteiger partial charge in [0.1, 0.15) is 5.75 Å². The van der Waals surface area contributed by atoms with Crippen molar-refractivity contribution in [1.29, 1.82) is 0 Å². The lowest BCUT2D eigenvalue weighted by Gasteiger charge is -2.18. The van der Waals surface area contributed by atoms with Crippen LogP contribution in [0.25, 0.3) is 10.8 Å². The number of aliphatic hydroxyl groups is 1. The van der Waals surface area contributed by atoms with Gasteiger partial charge in [0.2, 0.25) is 0 Å². The predicted octanol–water partition coefficient (Wildman–Crippen LogP) is 3.49. The molecule has 0 fully saturated rings. The van der Waals surface area contributed by atoms with Crippen molar-refractivity contribution in [1.82, 2.24) is 5.32 Å². The Hall–Kier alpha value is -1.58. The number of aliphatic hydroxyl groups excluding tert-OH is 1. The Bertz CT molecular complexity index is 580. The highest BCUT2D eigenvalue weighted by molar-refractivity contribution is 5.87. The second-order valence-electron chi connectivity index (χ2n) is 5.58. The van der Waals surface area contributed by atoms with Crippen molar-refractivity contribution < 1.29 is 9.84 Å². The summed E-state index contributed by atoms with van der Waals surface area (Å²) in [6.07, 6.45) is 0.827. The first-order valence-electron chi connectivity index (χ1n) is 7.68. The summed E-state index contributed by atoms with van der Waals surface area (Å²) < 4.78 is 6.06. The Labute approximate surface area is 126 Å². The van der Waals surface area contributed by atoms with Gasteiger partial charge < -0.3 is 15.2 Å². The fourth-order valence-electron chi connectivity index (χ4n) is 2.31. The van der Waals surface area contributed by atoms with Crippen LogP contribution in [-0.2, 0) is 6.54 Å². The molecule has 2 aromatic rings. The van der Waals surface area contributed by atoms with Crippen LogP contribution in [0, 0.1) is 0 Å². The number of nitrogens with one attached hydrogen (secondary N) is 1. The summed E-state index contributed by atoms with van der Waals surface area (Å²) in [6.45, 7) is 7.26. The van der Waals surface area contributed by atoms with Crippen LogP contribution >= 0.6 is 0 Å². The fourth-order valence-corrected chi connectivity index (χ4v) is 2.31. The lowest BCUT2D eigenvalue weighted by molar-refractivity contribution is 0.189. The maximum absolute atomic E-state index is 9.40. The third-order valence-corrected chi connectivity index (χ3v) is 3.64. The summed E-state index contributed by atoms with van der Waals surface area (Å²) in [5, 5.41) is 15.1. The minimum absolute atomic E-state index is 0.196. The SMILES string of the molecule is CCC(C)Oc1ccc2ccccc2c1CNCC(C)O. The largest absolute Gasteiger partial charge is 0.490 e. The summed E-state index contributed by atoms with van der Waals surface area (Å²) in [4.78, 5) is 0. The van der Waals surface area contributed by atoms with Crippen LogP contribution < -0.4 is 10.1 Å². The Morgan fingerprint density at radius 2 is 1.90 bits per heavy atom. The van der Waals surface area contributed by atoms with E-state index >= 15 is 0 Å². The third-order valence-electron chi connectivity index (χ3n) is 3.64. The van der Waals surface area contributed by atoms with E-state index in [-0.39, 0.29) is 12.2 Å². The molecule has 0 heterocycles. The van der Waals surface area contributed by atoms with Gasteiger partial charge in [-0.15, -0.1) is 0 Å². The highest BCUT2D eigenvalue weighted by Gasteiger charge is 2.11. The van der Waals surface area contributed by atoms with Gasteiger partial charge in [0, 0.05) is 18.7 Å². The molecule has 0 spiro atoms. The first kappa shape index (κ1) is 15.8. The van der Waals surface area contributed by atoms with Gasteiger partial charge in [0.25, 0.3) is 0 Å². The van der Waals surface area contributed by atoms with Crippen LogP contribution in [0.5, 0.6) is 5.75 Å². The van der Waals surface area contributed by atoms with Crippen LogP contribution in [0.4, 0.5) is 0 Å². The topological polar surface area (TPSA) is 41.5 Å². The lowest BCUT2D eigenvalue weighted by Crippen LogP contribution is -2.24. The molecule has 3 nitrogen and oxygen atoms in total. The number of benzene rings is 2. The van der Waals surface area contributed by atoms with Crippen molar-refractivity contribution >= 4 is 10.8 Å². The molecule has 2 atom stereocenters.